The van der Waals surface area contributed by atoms with Gasteiger partial charge in [-0.25, -0.2) is 14.8 Å². The number of aromatic nitrogens is 1. The van der Waals surface area contributed by atoms with Crippen molar-refractivity contribution in [1.82, 2.24) is 15.6 Å². The van der Waals surface area contributed by atoms with E-state index in [2.05, 4.69) is 21.7 Å². The minimum absolute atomic E-state index is 0.278. The summed E-state index contributed by atoms with van der Waals surface area (Å²) in [5, 5.41) is 17.3. The number of nitrogens with zero attached hydrogens (tertiary/aromatic N) is 4. The fraction of sp³-hybridized carbons (Fsp3) is 0.360. The van der Waals surface area contributed by atoms with Gasteiger partial charge in [-0.1, -0.05) is 12.1 Å². The molecule has 1 aliphatic heterocycles. The number of esters is 1. The Morgan fingerprint density at radius 2 is 2.00 bits per heavy atom. The first kappa shape index (κ1) is 25.3. The fourth-order valence-corrected chi connectivity index (χ4v) is 4.71. The number of allylic oxidation sites excluding steroid dienone is 1. The highest BCUT2D eigenvalue weighted by molar-refractivity contribution is 8.13. The quantitative estimate of drug-likeness (QED) is 0.581. The minimum Gasteiger partial charge on any atom is -0.463 e. The van der Waals surface area contributed by atoms with E-state index in [1.54, 1.807) is 6.92 Å². The number of amidine groups is 1. The molecule has 178 valence electrons. The third kappa shape index (κ3) is 5.58. The van der Waals surface area contributed by atoms with Gasteiger partial charge in [-0.2, -0.15) is 5.26 Å². The molecule has 8 nitrogen and oxygen atoms in total. The first-order valence-corrected chi connectivity index (χ1v) is 11.8. The molecule has 1 aromatic carbocycles. The Labute approximate surface area is 205 Å². The smallest absolute Gasteiger partial charge is 0.338 e. The Hall–Kier alpha value is -3.35. The molecule has 9 heteroatoms. The van der Waals surface area contributed by atoms with E-state index in [4.69, 9.17) is 9.73 Å². The molecule has 0 radical (unpaired) electrons. The number of nitrogens with one attached hydrogen (secondary N) is 2. The van der Waals surface area contributed by atoms with Crippen molar-refractivity contribution in [3.8, 4) is 6.07 Å². The third-order valence-electron chi connectivity index (χ3n) is 5.31. The van der Waals surface area contributed by atoms with Crippen LogP contribution in [0.15, 0.2) is 51.6 Å². The summed E-state index contributed by atoms with van der Waals surface area (Å²) in [5.74, 6) is -0.398. The molecule has 0 unspecified atom stereocenters. The van der Waals surface area contributed by atoms with E-state index in [-0.39, 0.29) is 6.61 Å². The van der Waals surface area contributed by atoms with Crippen molar-refractivity contribution < 1.29 is 9.53 Å². The molecule has 0 saturated carbocycles. The molecule has 1 atom stereocenters. The molecular weight excluding hydrogens is 448 g/mol. The Balaban J connectivity index is 2.04. The molecule has 0 aliphatic carbocycles. The molecule has 2 heterocycles. The van der Waals surface area contributed by atoms with E-state index in [0.29, 0.717) is 33.6 Å². The number of thioether (sulfide) groups is 1. The van der Waals surface area contributed by atoms with Crippen LogP contribution in [0.2, 0.25) is 0 Å². The van der Waals surface area contributed by atoms with Crippen LogP contribution in [0.1, 0.15) is 42.3 Å². The van der Waals surface area contributed by atoms with Crippen LogP contribution in [0.4, 0.5) is 5.69 Å². The van der Waals surface area contributed by atoms with Gasteiger partial charge >= 0.3 is 5.97 Å². The van der Waals surface area contributed by atoms with E-state index < -0.39 is 12.0 Å². The zero-order chi connectivity index (χ0) is 24.8. The largest absolute Gasteiger partial charge is 0.463 e. The minimum atomic E-state index is -0.536. The summed E-state index contributed by atoms with van der Waals surface area (Å²) in [6.45, 7) is 6.36. The fourth-order valence-electron chi connectivity index (χ4n) is 3.69. The maximum Gasteiger partial charge on any atom is 0.338 e. The number of nitriles is 1. The SMILES string of the molecule is CCOC(=O)C1=C(C)NC(Sc2nc(C)cc(CNC)c2C#N)=N[C@@H]1c1ccc(N(C)C)cc1. The molecule has 0 spiro atoms. The number of hydrogen-bond acceptors (Lipinski definition) is 9. The zero-order valence-electron chi connectivity index (χ0n) is 20.4. The summed E-state index contributed by atoms with van der Waals surface area (Å²) in [5.41, 5.74) is 5.27. The van der Waals surface area contributed by atoms with Crippen LogP contribution in [0.25, 0.3) is 0 Å². The number of anilines is 1. The molecule has 2 aromatic rings. The number of rotatable bonds is 7. The van der Waals surface area contributed by atoms with Crippen molar-refractivity contribution in [2.75, 3.05) is 32.6 Å². The normalized spacial score (nSPS) is 15.3. The molecular formula is C25H30N6O2S. The van der Waals surface area contributed by atoms with Crippen molar-refractivity contribution in [3.63, 3.8) is 0 Å². The molecule has 0 fully saturated rings. The highest BCUT2D eigenvalue weighted by atomic mass is 32.2. The topological polar surface area (TPSA) is 103 Å². The lowest BCUT2D eigenvalue weighted by Gasteiger charge is -2.26. The van der Waals surface area contributed by atoms with Crippen LogP contribution in [-0.2, 0) is 16.1 Å². The second-order valence-electron chi connectivity index (χ2n) is 8.05. The molecule has 0 saturated heterocycles. The summed E-state index contributed by atoms with van der Waals surface area (Å²) in [6, 6.07) is 11.6. The summed E-state index contributed by atoms with van der Waals surface area (Å²) in [4.78, 5) is 24.3. The van der Waals surface area contributed by atoms with Crippen molar-refractivity contribution in [2.24, 2.45) is 4.99 Å². The summed E-state index contributed by atoms with van der Waals surface area (Å²) >= 11 is 1.29. The zero-order valence-corrected chi connectivity index (χ0v) is 21.2. The summed E-state index contributed by atoms with van der Waals surface area (Å²) in [7, 11) is 5.79. The number of hydrogen-bond donors (Lipinski definition) is 2. The first-order valence-electron chi connectivity index (χ1n) is 11.0. The van der Waals surface area contributed by atoms with Gasteiger partial charge in [-0.3, -0.25) is 0 Å². The molecule has 34 heavy (non-hydrogen) atoms. The van der Waals surface area contributed by atoms with Crippen LogP contribution in [-0.4, -0.2) is 43.9 Å². The maximum absolute atomic E-state index is 12.8. The monoisotopic (exact) mass is 478 g/mol. The molecule has 1 aromatic heterocycles. The Kier molecular flexibility index (Phi) is 8.31. The lowest BCUT2D eigenvalue weighted by molar-refractivity contribution is -0.138. The van der Waals surface area contributed by atoms with E-state index in [1.807, 2.05) is 70.2 Å². The number of ether oxygens (including phenoxy) is 1. The van der Waals surface area contributed by atoms with E-state index >= 15 is 0 Å². The van der Waals surface area contributed by atoms with E-state index in [1.165, 1.54) is 11.8 Å². The number of carbonyl (C=O) groups excluding carboxylic acids is 1. The summed E-state index contributed by atoms with van der Waals surface area (Å²) < 4.78 is 5.33. The van der Waals surface area contributed by atoms with E-state index in [0.717, 1.165) is 22.5 Å². The number of aliphatic imine (C=N–C) groups is 1. The van der Waals surface area contributed by atoms with Crippen molar-refractivity contribution in [1.29, 1.82) is 5.26 Å². The van der Waals surface area contributed by atoms with Crippen LogP contribution in [0, 0.1) is 18.3 Å². The molecule has 1 aliphatic rings. The second-order valence-corrected chi connectivity index (χ2v) is 9.03. The van der Waals surface area contributed by atoms with Crippen molar-refractivity contribution >= 4 is 28.6 Å². The van der Waals surface area contributed by atoms with Gasteiger partial charge in [0.05, 0.1) is 17.7 Å². The van der Waals surface area contributed by atoms with Crippen LogP contribution in [0.3, 0.4) is 0 Å². The standard InChI is InChI=1S/C25H30N6O2S/c1-7-33-24(32)21-16(3)29-25(30-22(21)17-8-10-19(11-9-17)31(5)6)34-23-20(13-26)18(14-27-4)12-15(2)28-23/h8-12,22,27H,7,14H2,1-6H3,(H,29,30)/t22-/m1/s1. The number of aryl methyl sites for hydroxylation is 1. The highest BCUT2D eigenvalue weighted by Crippen LogP contribution is 2.35. The highest BCUT2D eigenvalue weighted by Gasteiger charge is 2.31. The summed E-state index contributed by atoms with van der Waals surface area (Å²) in [6.07, 6.45) is 0. The van der Waals surface area contributed by atoms with Crippen LogP contribution in [0.5, 0.6) is 0 Å². The van der Waals surface area contributed by atoms with Gasteiger partial charge in [0.1, 0.15) is 17.1 Å². The van der Waals surface area contributed by atoms with Gasteiger partial charge in [0.25, 0.3) is 0 Å². The van der Waals surface area contributed by atoms with Gasteiger partial charge in [0.15, 0.2) is 5.17 Å². The first-order chi connectivity index (χ1) is 16.3. The number of carbonyl (C=O) groups is 1. The Morgan fingerprint density at radius 3 is 2.59 bits per heavy atom. The Morgan fingerprint density at radius 1 is 1.29 bits per heavy atom. The van der Waals surface area contributed by atoms with E-state index in [9.17, 15) is 10.1 Å². The van der Waals surface area contributed by atoms with Crippen molar-refractivity contribution in [2.45, 2.75) is 38.4 Å². The van der Waals surface area contributed by atoms with Crippen LogP contribution < -0.4 is 15.5 Å². The molecule has 0 bridgehead atoms. The lowest BCUT2D eigenvalue weighted by Crippen LogP contribution is -2.30. The average molecular weight is 479 g/mol. The lowest BCUT2D eigenvalue weighted by atomic mass is 9.96. The number of pyridine rings is 1. The van der Waals surface area contributed by atoms with Gasteiger partial charge in [0.2, 0.25) is 0 Å². The third-order valence-corrected chi connectivity index (χ3v) is 6.20. The second kappa shape index (κ2) is 11.2. The van der Waals surface area contributed by atoms with Crippen LogP contribution >= 0.6 is 11.8 Å². The van der Waals surface area contributed by atoms with Gasteiger partial charge in [-0.15, -0.1) is 0 Å². The predicted molar refractivity (Wildman–Crippen MR) is 136 cm³/mol. The van der Waals surface area contributed by atoms with Gasteiger partial charge < -0.3 is 20.3 Å². The average Bonchev–Trinajstić information content (AvgIpc) is 2.79. The predicted octanol–water partition coefficient (Wildman–Crippen LogP) is 3.68. The number of benzene rings is 1. The van der Waals surface area contributed by atoms with Crippen molar-refractivity contribution in [3.05, 3.63) is 64.0 Å². The van der Waals surface area contributed by atoms with Gasteiger partial charge in [-0.05, 0) is 68.9 Å². The Bertz CT molecular complexity index is 1170. The molecule has 0 amide bonds. The molecule has 2 N–H and O–H groups in total. The van der Waals surface area contributed by atoms with Gasteiger partial charge in [0, 0.05) is 37.7 Å². The maximum atomic E-state index is 12.8. The molecule has 3 rings (SSSR count).